The van der Waals surface area contributed by atoms with Crippen molar-refractivity contribution in [2.45, 2.75) is 79.8 Å². The van der Waals surface area contributed by atoms with Crippen LogP contribution < -0.4 is 0 Å². The Balaban J connectivity index is 2.58. The third kappa shape index (κ3) is 3.66. The molecule has 2 aliphatic carbocycles. The number of ketones is 1. The fourth-order valence-corrected chi connectivity index (χ4v) is 6.70. The van der Waals surface area contributed by atoms with E-state index in [1.165, 1.54) is 0 Å². The summed E-state index contributed by atoms with van der Waals surface area (Å²) in [5, 5.41) is 9.92. The van der Waals surface area contributed by atoms with Crippen LogP contribution in [0, 0.1) is 34.5 Å². The Bertz CT molecular complexity index is 637. The first-order chi connectivity index (χ1) is 13.2. The number of hydrogen-bond acceptors (Lipinski definition) is 4. The molecule has 2 rings (SSSR count). The molecule has 2 fully saturated rings. The molecule has 2 aliphatic rings. The summed E-state index contributed by atoms with van der Waals surface area (Å²) in [6.45, 7) is 12.6. The molecule has 0 radical (unpaired) electrons. The molecule has 0 aromatic rings. The number of carbonyl (C=O) groups excluding carboxylic acids is 2. The molecule has 0 amide bonds. The molecule has 7 atom stereocenters. The van der Waals surface area contributed by atoms with Crippen LogP contribution in [-0.2, 0) is 14.5 Å². The fraction of sp³-hybridized carbons (Fsp3) is 0.750. The van der Waals surface area contributed by atoms with Gasteiger partial charge in [-0.1, -0.05) is 58.8 Å². The summed E-state index contributed by atoms with van der Waals surface area (Å²) in [5.74, 6) is 0.996. The van der Waals surface area contributed by atoms with E-state index in [-0.39, 0.29) is 34.6 Å². The first-order valence-corrected chi connectivity index (χ1v) is 10.9. The standard InChI is InChI=1S/C24H38O4/c1-7-13-23(5)17(12-14-25)10-11-18-19(8-2)24(6,16(4)20(26)9-3)15-21(28-27)22(18)23/h7,12-14,16,18-19,21-22,27H,8-11,15H2,1-6H3/b13-7-,17-12-/t16?,18-,19?,21?,22?,23-,24+/m0/s1. The zero-order valence-corrected chi connectivity index (χ0v) is 18.4. The molecule has 2 saturated carbocycles. The van der Waals surface area contributed by atoms with Crippen molar-refractivity contribution in [2.75, 3.05) is 0 Å². The van der Waals surface area contributed by atoms with Crippen LogP contribution in [0.25, 0.3) is 0 Å². The van der Waals surface area contributed by atoms with Gasteiger partial charge < -0.3 is 0 Å². The molecule has 28 heavy (non-hydrogen) atoms. The molecule has 4 heteroatoms. The van der Waals surface area contributed by atoms with Crippen molar-refractivity contribution in [1.82, 2.24) is 0 Å². The Labute approximate surface area is 170 Å². The number of carbonyl (C=O) groups is 2. The van der Waals surface area contributed by atoms with E-state index < -0.39 is 0 Å². The number of fused-ring (bicyclic) bond motifs is 1. The molecular formula is C24H38O4. The molecule has 158 valence electrons. The summed E-state index contributed by atoms with van der Waals surface area (Å²) in [5.41, 5.74) is 0.567. The van der Waals surface area contributed by atoms with Gasteiger partial charge in [0.2, 0.25) is 0 Å². The maximum atomic E-state index is 12.6. The third-order valence-electron chi connectivity index (χ3n) is 8.18. The predicted molar refractivity (Wildman–Crippen MR) is 112 cm³/mol. The number of allylic oxidation sites excluding steroid dienone is 4. The van der Waals surface area contributed by atoms with E-state index in [1.807, 2.05) is 19.9 Å². The fourth-order valence-electron chi connectivity index (χ4n) is 6.70. The van der Waals surface area contributed by atoms with Gasteiger partial charge in [-0.15, -0.1) is 0 Å². The number of rotatable bonds is 7. The maximum absolute atomic E-state index is 12.6. The highest BCUT2D eigenvalue weighted by Gasteiger charge is 2.59. The molecule has 0 bridgehead atoms. The molecule has 4 nitrogen and oxygen atoms in total. The van der Waals surface area contributed by atoms with Crippen LogP contribution in [0.5, 0.6) is 0 Å². The van der Waals surface area contributed by atoms with Crippen LogP contribution in [0.4, 0.5) is 0 Å². The Morgan fingerprint density at radius 1 is 1.36 bits per heavy atom. The van der Waals surface area contributed by atoms with Gasteiger partial charge in [0.25, 0.3) is 0 Å². The van der Waals surface area contributed by atoms with Crippen molar-refractivity contribution in [1.29, 1.82) is 0 Å². The maximum Gasteiger partial charge on any atom is 0.142 e. The van der Waals surface area contributed by atoms with Crippen molar-refractivity contribution in [3.8, 4) is 0 Å². The number of hydrogen-bond donors (Lipinski definition) is 1. The summed E-state index contributed by atoms with van der Waals surface area (Å²) < 4.78 is 0. The van der Waals surface area contributed by atoms with E-state index in [0.717, 1.165) is 31.1 Å². The van der Waals surface area contributed by atoms with E-state index in [4.69, 9.17) is 4.89 Å². The van der Waals surface area contributed by atoms with E-state index >= 15 is 0 Å². The van der Waals surface area contributed by atoms with Gasteiger partial charge in [0.15, 0.2) is 0 Å². The molecule has 4 unspecified atom stereocenters. The molecule has 0 saturated heterocycles. The number of Topliss-reactive ketones (excluding diaryl/α,β-unsaturated/α-hetero) is 1. The molecule has 0 spiro atoms. The second kappa shape index (κ2) is 9.04. The van der Waals surface area contributed by atoms with Crippen LogP contribution in [0.15, 0.2) is 23.8 Å². The Hall–Kier alpha value is -1.26. The van der Waals surface area contributed by atoms with Crippen molar-refractivity contribution in [3.05, 3.63) is 23.8 Å². The van der Waals surface area contributed by atoms with Crippen LogP contribution >= 0.6 is 0 Å². The Morgan fingerprint density at radius 2 is 2.04 bits per heavy atom. The third-order valence-corrected chi connectivity index (χ3v) is 8.18. The Morgan fingerprint density at radius 3 is 2.54 bits per heavy atom. The van der Waals surface area contributed by atoms with E-state index in [2.05, 4.69) is 33.8 Å². The second-order valence-electron chi connectivity index (χ2n) is 9.25. The summed E-state index contributed by atoms with van der Waals surface area (Å²) >= 11 is 0. The highest BCUT2D eigenvalue weighted by molar-refractivity contribution is 5.81. The van der Waals surface area contributed by atoms with Gasteiger partial charge in [-0.05, 0) is 49.5 Å². The molecule has 0 aliphatic heterocycles. The smallest absolute Gasteiger partial charge is 0.142 e. The minimum atomic E-state index is -0.360. The molecule has 0 aromatic carbocycles. The normalized spacial score (nSPS) is 41.0. The van der Waals surface area contributed by atoms with Gasteiger partial charge in [-0.2, -0.15) is 0 Å². The minimum Gasteiger partial charge on any atom is -0.299 e. The van der Waals surface area contributed by atoms with E-state index in [1.54, 1.807) is 6.08 Å². The van der Waals surface area contributed by atoms with Gasteiger partial charge in [0.05, 0.1) is 6.10 Å². The van der Waals surface area contributed by atoms with Crippen molar-refractivity contribution >= 4 is 12.1 Å². The average molecular weight is 391 g/mol. The highest BCUT2D eigenvalue weighted by Crippen LogP contribution is 2.62. The van der Waals surface area contributed by atoms with E-state index in [9.17, 15) is 14.8 Å². The van der Waals surface area contributed by atoms with Crippen LogP contribution in [0.3, 0.4) is 0 Å². The van der Waals surface area contributed by atoms with Gasteiger partial charge in [-0.3, -0.25) is 14.8 Å². The van der Waals surface area contributed by atoms with Crippen LogP contribution in [0.2, 0.25) is 0 Å². The van der Waals surface area contributed by atoms with Crippen LogP contribution in [-0.4, -0.2) is 23.4 Å². The molecule has 1 N–H and O–H groups in total. The molecular weight excluding hydrogens is 352 g/mol. The molecule has 0 heterocycles. The largest absolute Gasteiger partial charge is 0.299 e. The van der Waals surface area contributed by atoms with Crippen molar-refractivity contribution in [2.24, 2.45) is 34.5 Å². The topological polar surface area (TPSA) is 63.6 Å². The summed E-state index contributed by atoms with van der Waals surface area (Å²) in [4.78, 5) is 29.0. The lowest BCUT2D eigenvalue weighted by atomic mass is 9.45. The van der Waals surface area contributed by atoms with Gasteiger partial charge in [-0.25, -0.2) is 4.89 Å². The quantitative estimate of drug-likeness (QED) is 0.201. The first-order valence-electron chi connectivity index (χ1n) is 10.9. The zero-order chi connectivity index (χ0) is 21.1. The lowest BCUT2D eigenvalue weighted by Crippen LogP contribution is -2.58. The van der Waals surface area contributed by atoms with Crippen LogP contribution in [0.1, 0.15) is 73.6 Å². The van der Waals surface area contributed by atoms with Gasteiger partial charge in [0, 0.05) is 23.7 Å². The zero-order valence-electron chi connectivity index (χ0n) is 18.4. The lowest BCUT2D eigenvalue weighted by Gasteiger charge is -2.60. The van der Waals surface area contributed by atoms with Crippen molar-refractivity contribution in [3.63, 3.8) is 0 Å². The van der Waals surface area contributed by atoms with E-state index in [0.29, 0.717) is 24.7 Å². The SMILES string of the molecule is C/C=C\[C@@]1(C)/C(=C\C=O)CC[C@H]2C(CC)[C@@](C)(C(C)C(=O)CC)CC(OO)C21. The summed E-state index contributed by atoms with van der Waals surface area (Å²) in [6.07, 6.45) is 10.4. The summed E-state index contributed by atoms with van der Waals surface area (Å²) in [6, 6.07) is 0. The first kappa shape index (κ1) is 23.0. The molecule has 0 aromatic heterocycles. The Kier molecular flexibility index (Phi) is 7.44. The highest BCUT2D eigenvalue weighted by atomic mass is 17.1. The minimum absolute atomic E-state index is 0.0686. The summed E-state index contributed by atoms with van der Waals surface area (Å²) in [7, 11) is 0. The number of aldehydes is 1. The average Bonchev–Trinajstić information content (AvgIpc) is 2.68. The van der Waals surface area contributed by atoms with Gasteiger partial charge >= 0.3 is 0 Å². The predicted octanol–water partition coefficient (Wildman–Crippen LogP) is 5.63. The van der Waals surface area contributed by atoms with Gasteiger partial charge in [0.1, 0.15) is 12.1 Å². The second-order valence-corrected chi connectivity index (χ2v) is 9.25. The van der Waals surface area contributed by atoms with Crippen molar-refractivity contribution < 1.29 is 19.7 Å². The monoisotopic (exact) mass is 390 g/mol. The lowest BCUT2D eigenvalue weighted by molar-refractivity contribution is -0.322.